The molecule has 11 aromatic rings. The first-order chi connectivity index (χ1) is 34.1. The molecule has 0 N–H and O–H groups in total. The maximum Gasteiger partial charge on any atom is 0.0625 e. The molecule has 2 heteroatoms. The Hall–Kier alpha value is -8.72. The predicted molar refractivity (Wildman–Crippen MR) is 293 cm³/mol. The van der Waals surface area contributed by atoms with Crippen LogP contribution < -0.4 is 4.90 Å². The van der Waals surface area contributed by atoms with Crippen LogP contribution in [-0.2, 0) is 0 Å². The summed E-state index contributed by atoms with van der Waals surface area (Å²) in [5.41, 5.74) is 21.7. The SMILES string of the molecule is CC1CC(c2ccc(N(c3ccc(-c4ccc(-c5ccccc5)cc4)cc3)c3cccc(-c4ccc(-c5ccccc5)c5c4c4ccccc4n5-c4ccccc4)c3)cc2)=CC=C1c1ccccc1. The number of allylic oxidation sites excluding steroid dienone is 4. The molecule has 12 rings (SSSR count). The molecule has 69 heavy (non-hydrogen) atoms. The van der Waals surface area contributed by atoms with Crippen molar-refractivity contribution in [2.24, 2.45) is 5.92 Å². The van der Waals surface area contributed by atoms with E-state index in [0.29, 0.717) is 5.92 Å². The Balaban J connectivity index is 0.976. The van der Waals surface area contributed by atoms with E-state index >= 15 is 0 Å². The van der Waals surface area contributed by atoms with E-state index in [2.05, 4.69) is 283 Å². The Kier molecular flexibility index (Phi) is 11.0. The van der Waals surface area contributed by atoms with Gasteiger partial charge in [-0.25, -0.2) is 0 Å². The number of hydrogen-bond donors (Lipinski definition) is 0. The average Bonchev–Trinajstić information content (AvgIpc) is 3.78. The number of benzene rings is 10. The van der Waals surface area contributed by atoms with Crippen LogP contribution in [0.3, 0.4) is 0 Å². The molecule has 1 aliphatic rings. The molecule has 0 amide bonds. The fourth-order valence-electron chi connectivity index (χ4n) is 10.5. The molecule has 1 heterocycles. The second-order valence-corrected chi connectivity index (χ2v) is 18.1. The number of nitrogens with zero attached hydrogens (tertiary/aromatic N) is 2. The summed E-state index contributed by atoms with van der Waals surface area (Å²) >= 11 is 0. The van der Waals surface area contributed by atoms with E-state index in [0.717, 1.165) is 34.7 Å². The van der Waals surface area contributed by atoms with Gasteiger partial charge in [-0.2, -0.15) is 0 Å². The van der Waals surface area contributed by atoms with Crippen molar-refractivity contribution >= 4 is 50.0 Å². The van der Waals surface area contributed by atoms with Gasteiger partial charge in [-0.3, -0.25) is 0 Å². The molecule has 0 saturated heterocycles. The Morgan fingerprint density at radius 2 is 0.870 bits per heavy atom. The van der Waals surface area contributed by atoms with Crippen LogP contribution in [0.25, 0.3) is 83.1 Å². The summed E-state index contributed by atoms with van der Waals surface area (Å²) < 4.78 is 2.45. The van der Waals surface area contributed by atoms with E-state index in [9.17, 15) is 0 Å². The summed E-state index contributed by atoms with van der Waals surface area (Å²) in [6.07, 6.45) is 5.64. The number of hydrogen-bond acceptors (Lipinski definition) is 1. The van der Waals surface area contributed by atoms with Crippen molar-refractivity contribution in [2.75, 3.05) is 4.90 Å². The third kappa shape index (κ3) is 7.96. The summed E-state index contributed by atoms with van der Waals surface area (Å²) in [7, 11) is 0. The molecule has 1 aromatic heterocycles. The van der Waals surface area contributed by atoms with Crippen molar-refractivity contribution in [1.29, 1.82) is 0 Å². The van der Waals surface area contributed by atoms with Gasteiger partial charge in [-0.15, -0.1) is 0 Å². The maximum absolute atomic E-state index is 2.45. The fourth-order valence-corrected chi connectivity index (χ4v) is 10.5. The summed E-state index contributed by atoms with van der Waals surface area (Å²) in [4.78, 5) is 2.41. The maximum atomic E-state index is 2.45. The largest absolute Gasteiger partial charge is 0.310 e. The van der Waals surface area contributed by atoms with Crippen molar-refractivity contribution in [3.63, 3.8) is 0 Å². The second-order valence-electron chi connectivity index (χ2n) is 18.1. The van der Waals surface area contributed by atoms with Gasteiger partial charge in [0.2, 0.25) is 0 Å². The van der Waals surface area contributed by atoms with Gasteiger partial charge in [0.1, 0.15) is 0 Å². The summed E-state index contributed by atoms with van der Waals surface area (Å²) in [5, 5.41) is 2.47. The lowest BCUT2D eigenvalue weighted by atomic mass is 9.82. The Morgan fingerprint density at radius 3 is 1.49 bits per heavy atom. The van der Waals surface area contributed by atoms with Gasteiger partial charge < -0.3 is 9.47 Å². The molecule has 328 valence electrons. The minimum atomic E-state index is 0.425. The molecule has 0 fully saturated rings. The Bertz CT molecular complexity index is 3640. The molecule has 1 unspecified atom stereocenters. The molecule has 0 aliphatic heterocycles. The zero-order valence-corrected chi connectivity index (χ0v) is 38.6. The monoisotopic (exact) mass is 882 g/mol. The number of aromatic nitrogens is 1. The fraction of sp³-hybridized carbons (Fsp3) is 0.0448. The van der Waals surface area contributed by atoms with Crippen LogP contribution in [0, 0.1) is 5.92 Å². The van der Waals surface area contributed by atoms with E-state index in [1.165, 1.54) is 83.0 Å². The molecule has 10 aromatic carbocycles. The van der Waals surface area contributed by atoms with Gasteiger partial charge >= 0.3 is 0 Å². The summed E-state index contributed by atoms with van der Waals surface area (Å²) in [6.45, 7) is 2.35. The quantitative estimate of drug-likeness (QED) is 0.133. The van der Waals surface area contributed by atoms with Gasteiger partial charge in [0.25, 0.3) is 0 Å². The summed E-state index contributed by atoms with van der Waals surface area (Å²) in [6, 6.07) is 92.7. The first kappa shape index (κ1) is 41.7. The van der Waals surface area contributed by atoms with Crippen LogP contribution in [0.1, 0.15) is 24.5 Å². The molecule has 0 bridgehead atoms. The van der Waals surface area contributed by atoms with Gasteiger partial charge in [0, 0.05) is 39.1 Å². The van der Waals surface area contributed by atoms with Gasteiger partial charge in [-0.05, 0) is 128 Å². The van der Waals surface area contributed by atoms with Crippen molar-refractivity contribution in [1.82, 2.24) is 4.57 Å². The van der Waals surface area contributed by atoms with Crippen molar-refractivity contribution in [3.8, 4) is 50.2 Å². The zero-order chi connectivity index (χ0) is 46.1. The van der Waals surface area contributed by atoms with Gasteiger partial charge in [0.05, 0.1) is 11.0 Å². The predicted octanol–water partition coefficient (Wildman–Crippen LogP) is 18.4. The average molecular weight is 883 g/mol. The van der Waals surface area contributed by atoms with Gasteiger partial charge in [-0.1, -0.05) is 219 Å². The lowest BCUT2D eigenvalue weighted by Gasteiger charge is -2.27. The lowest BCUT2D eigenvalue weighted by molar-refractivity contribution is 0.771. The highest BCUT2D eigenvalue weighted by atomic mass is 15.1. The van der Waals surface area contributed by atoms with Crippen LogP contribution >= 0.6 is 0 Å². The Labute approximate surface area is 405 Å². The van der Waals surface area contributed by atoms with E-state index in [-0.39, 0.29) is 0 Å². The third-order valence-electron chi connectivity index (χ3n) is 13.9. The van der Waals surface area contributed by atoms with Crippen LogP contribution in [-0.4, -0.2) is 4.57 Å². The standard InChI is InChI=1S/C67H50N2/c1-47-45-55(37-42-61(47)53-19-8-3-9-20-53)52-35-40-59(41-36-52)68(58-38-33-51(34-39-58)50-31-29-49(30-32-50)48-17-6-2-7-18-48)60-26-16-23-56(46-60)62-43-44-63(54-21-10-4-11-22-54)67-66(62)64-27-14-15-28-65(64)69(67)57-24-12-5-13-25-57/h2-44,46-47H,45H2,1H3. The van der Waals surface area contributed by atoms with Crippen LogP contribution in [0.4, 0.5) is 17.1 Å². The van der Waals surface area contributed by atoms with Crippen LogP contribution in [0.15, 0.2) is 267 Å². The van der Waals surface area contributed by atoms with E-state index in [1.54, 1.807) is 0 Å². The second kappa shape index (κ2) is 18.2. The molecular formula is C67H50N2. The topological polar surface area (TPSA) is 8.17 Å². The molecule has 2 nitrogen and oxygen atoms in total. The van der Waals surface area contributed by atoms with Crippen molar-refractivity contribution in [2.45, 2.75) is 13.3 Å². The van der Waals surface area contributed by atoms with Crippen LogP contribution in [0.5, 0.6) is 0 Å². The molecule has 0 saturated carbocycles. The first-order valence-corrected chi connectivity index (χ1v) is 24.0. The van der Waals surface area contributed by atoms with E-state index in [4.69, 9.17) is 0 Å². The number of fused-ring (bicyclic) bond motifs is 3. The summed E-state index contributed by atoms with van der Waals surface area (Å²) in [5.74, 6) is 0.425. The highest BCUT2D eigenvalue weighted by molar-refractivity contribution is 6.19. The van der Waals surface area contributed by atoms with Crippen molar-refractivity contribution < 1.29 is 0 Å². The number of anilines is 3. The van der Waals surface area contributed by atoms with Crippen LogP contribution in [0.2, 0.25) is 0 Å². The minimum absolute atomic E-state index is 0.425. The number of rotatable bonds is 10. The zero-order valence-electron chi connectivity index (χ0n) is 38.6. The van der Waals surface area contributed by atoms with E-state index in [1.807, 2.05) is 0 Å². The van der Waals surface area contributed by atoms with E-state index < -0.39 is 0 Å². The smallest absolute Gasteiger partial charge is 0.0625 e. The molecule has 1 aliphatic carbocycles. The molecular weight excluding hydrogens is 833 g/mol. The van der Waals surface area contributed by atoms with Gasteiger partial charge in [0.15, 0.2) is 0 Å². The molecule has 1 atom stereocenters. The number of para-hydroxylation sites is 2. The normalized spacial score (nSPS) is 13.6. The van der Waals surface area contributed by atoms with Crippen molar-refractivity contribution in [3.05, 3.63) is 278 Å². The highest BCUT2D eigenvalue weighted by Gasteiger charge is 2.22. The lowest BCUT2D eigenvalue weighted by Crippen LogP contribution is -2.10. The Morgan fingerprint density at radius 1 is 0.377 bits per heavy atom. The molecule has 0 spiro atoms. The third-order valence-corrected chi connectivity index (χ3v) is 13.9. The minimum Gasteiger partial charge on any atom is -0.310 e. The molecule has 0 radical (unpaired) electrons. The first-order valence-electron chi connectivity index (χ1n) is 24.0. The highest BCUT2D eigenvalue weighted by Crippen LogP contribution is 2.45.